The maximum Gasteiger partial charge on any atom is -0.00190 e. The second kappa shape index (κ2) is 23.0. The summed E-state index contributed by atoms with van der Waals surface area (Å²) >= 11 is 0. The van der Waals surface area contributed by atoms with E-state index in [1.165, 1.54) is 129 Å². The molecule has 0 radical (unpaired) electrons. The summed E-state index contributed by atoms with van der Waals surface area (Å²) in [5, 5.41) is 3.41. The third-order valence-corrected chi connectivity index (χ3v) is 5.72. The van der Waals surface area contributed by atoms with Crippen molar-refractivity contribution in [1.29, 1.82) is 0 Å². The van der Waals surface area contributed by atoms with Crippen molar-refractivity contribution in [3.8, 4) is 0 Å². The second-order valence-electron chi connectivity index (χ2n) is 8.04. The first-order valence-electron chi connectivity index (χ1n) is 12.3. The molecule has 0 fully saturated rings. The molecule has 2 heteroatoms. The Bertz CT molecular complexity index is 238. The van der Waals surface area contributed by atoms with Crippen LogP contribution in [0.2, 0.25) is 0 Å². The molecule has 0 aromatic heterocycles. The maximum atomic E-state index is 3.41. The van der Waals surface area contributed by atoms with Gasteiger partial charge in [0.15, 0.2) is 0 Å². The molecule has 0 atom stereocenters. The van der Waals surface area contributed by atoms with E-state index >= 15 is 0 Å². The van der Waals surface area contributed by atoms with Gasteiger partial charge in [0.2, 0.25) is 0 Å². The van der Waals surface area contributed by atoms with Gasteiger partial charge in [-0.25, -0.2) is 0 Å². The third-order valence-electron chi connectivity index (χ3n) is 5.72. The van der Waals surface area contributed by atoms with Gasteiger partial charge in [0.25, 0.3) is 0 Å². The summed E-state index contributed by atoms with van der Waals surface area (Å²) in [6, 6.07) is 0. The molecule has 0 saturated heterocycles. The zero-order chi connectivity index (χ0) is 19.1. The summed E-state index contributed by atoms with van der Waals surface area (Å²) < 4.78 is 0. The molecule has 0 amide bonds. The van der Waals surface area contributed by atoms with Gasteiger partial charge in [0.05, 0.1) is 0 Å². The summed E-state index contributed by atoms with van der Waals surface area (Å²) in [4.78, 5) is 2.55. The van der Waals surface area contributed by atoms with E-state index in [2.05, 4.69) is 31.0 Å². The average molecular weight is 369 g/mol. The Morgan fingerprint density at radius 3 is 1.15 bits per heavy atom. The number of hydrogen-bond donors (Lipinski definition) is 1. The van der Waals surface area contributed by atoms with Crippen molar-refractivity contribution in [3.05, 3.63) is 0 Å². The molecule has 0 aliphatic carbocycles. The molecule has 0 aromatic carbocycles. The van der Waals surface area contributed by atoms with Crippen molar-refractivity contribution in [2.24, 2.45) is 0 Å². The van der Waals surface area contributed by atoms with Gasteiger partial charge >= 0.3 is 0 Å². The fourth-order valence-corrected chi connectivity index (χ4v) is 3.78. The maximum absolute atomic E-state index is 3.41. The lowest BCUT2D eigenvalue weighted by molar-refractivity contribution is 0.295. The molecule has 0 saturated carbocycles. The largest absolute Gasteiger partial charge is 0.317 e. The van der Waals surface area contributed by atoms with Crippen LogP contribution >= 0.6 is 0 Å². The Morgan fingerprint density at radius 2 is 0.808 bits per heavy atom. The molecule has 0 spiro atoms. The highest BCUT2D eigenvalue weighted by atomic mass is 15.1. The number of hydrogen-bond acceptors (Lipinski definition) is 2. The van der Waals surface area contributed by atoms with E-state index in [0.29, 0.717) is 0 Å². The molecule has 0 unspecified atom stereocenters. The predicted octanol–water partition coefficient (Wildman–Crippen LogP) is 7.18. The highest BCUT2D eigenvalue weighted by Gasteiger charge is 1.98. The van der Waals surface area contributed by atoms with Crippen LogP contribution in [0, 0.1) is 0 Å². The molecule has 26 heavy (non-hydrogen) atoms. The van der Waals surface area contributed by atoms with Crippen molar-refractivity contribution < 1.29 is 0 Å². The zero-order valence-electron chi connectivity index (χ0n) is 18.8. The van der Waals surface area contributed by atoms with E-state index in [0.717, 1.165) is 6.54 Å². The van der Waals surface area contributed by atoms with Crippen molar-refractivity contribution in [3.63, 3.8) is 0 Å². The lowest BCUT2D eigenvalue weighted by Gasteiger charge is -2.17. The molecular weight excluding hydrogens is 316 g/mol. The van der Waals surface area contributed by atoms with Crippen LogP contribution in [0.5, 0.6) is 0 Å². The van der Waals surface area contributed by atoms with Crippen molar-refractivity contribution in [1.82, 2.24) is 10.2 Å². The van der Waals surface area contributed by atoms with Gasteiger partial charge in [-0.05, 0) is 45.6 Å². The van der Waals surface area contributed by atoms with Gasteiger partial charge in [-0.15, -0.1) is 0 Å². The smallest absolute Gasteiger partial charge is 0.00190 e. The Morgan fingerprint density at radius 1 is 0.462 bits per heavy atom. The first kappa shape index (κ1) is 25.9. The number of rotatable bonds is 22. The minimum Gasteiger partial charge on any atom is -0.317 e. The monoisotopic (exact) mass is 368 g/mol. The molecule has 1 N–H and O–H groups in total. The average Bonchev–Trinajstić information content (AvgIpc) is 2.66. The molecule has 2 nitrogen and oxygen atoms in total. The highest BCUT2D eigenvalue weighted by molar-refractivity contribution is 4.54. The van der Waals surface area contributed by atoms with Crippen molar-refractivity contribution >= 4 is 0 Å². The van der Waals surface area contributed by atoms with Gasteiger partial charge in [-0.1, -0.05) is 111 Å². The number of unbranched alkanes of at least 4 members (excludes halogenated alkanes) is 15. The van der Waals surface area contributed by atoms with Crippen LogP contribution in [-0.4, -0.2) is 37.6 Å². The summed E-state index contributed by atoms with van der Waals surface area (Å²) in [5.74, 6) is 0. The fourth-order valence-electron chi connectivity index (χ4n) is 3.78. The van der Waals surface area contributed by atoms with Crippen LogP contribution in [0.3, 0.4) is 0 Å². The number of nitrogens with zero attached hydrogens (tertiary/aromatic N) is 1. The topological polar surface area (TPSA) is 15.3 Å². The van der Waals surface area contributed by atoms with E-state index in [1.54, 1.807) is 0 Å². The first-order valence-corrected chi connectivity index (χ1v) is 12.3. The minimum atomic E-state index is 1.12. The quantitative estimate of drug-likeness (QED) is 0.204. The molecule has 0 heterocycles. The standard InChI is InChI=1S/C24H52N2/c1-4-25-23-21-19-17-15-13-11-9-7-8-10-12-14-16-18-20-22-24-26(5-2)6-3/h25H,4-24H2,1-3H3. The van der Waals surface area contributed by atoms with Gasteiger partial charge in [0, 0.05) is 0 Å². The van der Waals surface area contributed by atoms with Gasteiger partial charge in [0.1, 0.15) is 0 Å². The summed E-state index contributed by atoms with van der Waals surface area (Å²) in [5.41, 5.74) is 0. The molecule has 0 rings (SSSR count). The van der Waals surface area contributed by atoms with E-state index in [9.17, 15) is 0 Å². The number of nitrogens with one attached hydrogen (secondary N) is 1. The Kier molecular flexibility index (Phi) is 22.9. The lowest BCUT2D eigenvalue weighted by Crippen LogP contribution is -2.23. The molecule has 0 aliphatic rings. The van der Waals surface area contributed by atoms with Crippen LogP contribution in [0.25, 0.3) is 0 Å². The van der Waals surface area contributed by atoms with Crippen LogP contribution < -0.4 is 5.32 Å². The van der Waals surface area contributed by atoms with E-state index in [4.69, 9.17) is 0 Å². The van der Waals surface area contributed by atoms with Crippen molar-refractivity contribution in [2.45, 2.75) is 124 Å². The minimum absolute atomic E-state index is 1.12. The van der Waals surface area contributed by atoms with E-state index in [-0.39, 0.29) is 0 Å². The molecular formula is C24H52N2. The summed E-state index contributed by atoms with van der Waals surface area (Å²) in [7, 11) is 0. The Balaban J connectivity index is 3.03. The third kappa shape index (κ3) is 20.2. The van der Waals surface area contributed by atoms with Crippen molar-refractivity contribution in [2.75, 3.05) is 32.7 Å². The van der Waals surface area contributed by atoms with Gasteiger partial charge < -0.3 is 10.2 Å². The summed E-state index contributed by atoms with van der Waals surface area (Å²) in [6.07, 6.45) is 23.2. The first-order chi connectivity index (χ1) is 12.8. The zero-order valence-corrected chi connectivity index (χ0v) is 18.8. The normalized spacial score (nSPS) is 11.5. The predicted molar refractivity (Wildman–Crippen MR) is 120 cm³/mol. The lowest BCUT2D eigenvalue weighted by atomic mass is 10.0. The summed E-state index contributed by atoms with van der Waals surface area (Å²) in [6.45, 7) is 12.8. The van der Waals surface area contributed by atoms with Crippen LogP contribution in [-0.2, 0) is 0 Å². The molecule has 0 aliphatic heterocycles. The SMILES string of the molecule is CCNCCCCCCCCCCCCCCCCCCN(CC)CC. The second-order valence-corrected chi connectivity index (χ2v) is 8.04. The van der Waals surface area contributed by atoms with Crippen LogP contribution in [0.15, 0.2) is 0 Å². The molecule has 158 valence electrons. The van der Waals surface area contributed by atoms with Crippen LogP contribution in [0.4, 0.5) is 0 Å². The Labute approximate surface area is 166 Å². The Hall–Kier alpha value is -0.0800. The van der Waals surface area contributed by atoms with Crippen LogP contribution in [0.1, 0.15) is 124 Å². The van der Waals surface area contributed by atoms with E-state index in [1.807, 2.05) is 0 Å². The van der Waals surface area contributed by atoms with E-state index < -0.39 is 0 Å². The van der Waals surface area contributed by atoms with Gasteiger partial charge in [-0.2, -0.15) is 0 Å². The molecule has 0 bridgehead atoms. The van der Waals surface area contributed by atoms with Gasteiger partial charge in [-0.3, -0.25) is 0 Å². The fraction of sp³-hybridized carbons (Fsp3) is 1.00. The molecule has 0 aromatic rings. The highest BCUT2D eigenvalue weighted by Crippen LogP contribution is 2.13.